The van der Waals surface area contributed by atoms with Gasteiger partial charge in [0.1, 0.15) is 30.1 Å². The smallest absolute Gasteiger partial charge is 0.459 e. The van der Waals surface area contributed by atoms with E-state index in [1.807, 2.05) is 10.9 Å². The molecule has 2 fully saturated rings. The molecule has 210 valence electrons. The molecule has 39 heavy (non-hydrogen) atoms. The number of nitrogens with zero attached hydrogens (tertiary/aromatic N) is 1. The number of H-pyrrole nitrogens is 1. The molecule has 13 nitrogen and oxygen atoms in total. The zero-order valence-corrected chi connectivity index (χ0v) is 22.0. The molecule has 2 aromatic rings. The topological polar surface area (TPSA) is 178 Å². The molecular weight excluding hydrogens is 533 g/mol. The fourth-order valence-electron chi connectivity index (χ4n) is 4.39. The molecule has 2 heterocycles. The highest BCUT2D eigenvalue weighted by atomic mass is 31.2. The highest BCUT2D eigenvalue weighted by molar-refractivity contribution is 7.52. The van der Waals surface area contributed by atoms with Gasteiger partial charge in [-0.25, -0.2) is 9.36 Å². The molecule has 1 aliphatic heterocycles. The number of terminal acetylenes is 1. The van der Waals surface area contributed by atoms with Crippen LogP contribution in [0.15, 0.2) is 52.2 Å². The van der Waals surface area contributed by atoms with Gasteiger partial charge >= 0.3 is 19.4 Å². The van der Waals surface area contributed by atoms with Gasteiger partial charge in [-0.2, -0.15) is 5.09 Å². The Labute approximate surface area is 223 Å². The summed E-state index contributed by atoms with van der Waals surface area (Å²) in [5.74, 6) is 1.55. The lowest BCUT2D eigenvalue weighted by atomic mass is 9.95. The number of ether oxygens (including phenoxy) is 2. The summed E-state index contributed by atoms with van der Waals surface area (Å²) < 4.78 is 36.9. The van der Waals surface area contributed by atoms with E-state index in [2.05, 4.69) is 5.09 Å². The van der Waals surface area contributed by atoms with Crippen LogP contribution < -0.4 is 20.9 Å². The molecule has 1 saturated heterocycles. The van der Waals surface area contributed by atoms with Crippen molar-refractivity contribution in [3.63, 3.8) is 0 Å². The Balaban J connectivity index is 1.52. The van der Waals surface area contributed by atoms with Crippen LogP contribution in [0.2, 0.25) is 0 Å². The Hall–Kier alpha value is -3.24. The Morgan fingerprint density at radius 2 is 2.00 bits per heavy atom. The number of nitrogens with one attached hydrogen (secondary N) is 2. The monoisotopic (exact) mass is 563 g/mol. The molecule has 14 heteroatoms. The summed E-state index contributed by atoms with van der Waals surface area (Å²) in [4.78, 5) is 38.4. The SMILES string of the molecule is C#C[C@]1(O)C(n2ccc(=O)[nH]c2=O)O[C@H](COP(=O)(N[C@@H](C)C(=O)OC2CCCC2)Oc2ccccc2)[C@H]1O. The predicted molar refractivity (Wildman–Crippen MR) is 137 cm³/mol. The minimum Gasteiger partial charge on any atom is -0.461 e. The standard InChI is InChI=1S/C25H30N3O10P/c1-3-25(33)21(30)19(37-23(25)28-14-13-20(29)26-24(28)32)15-35-39(34,38-18-11-5-4-6-12-18)27-16(2)22(31)36-17-9-7-8-10-17/h1,4-6,11-14,16-17,19,21,23,30,33H,7-10,15H2,2H3,(H,27,34)(H,26,29,32)/t16-,19+,21+,23?,25+,39?/m0/s1. The number of esters is 1. The second-order valence-corrected chi connectivity index (χ2v) is 11.0. The number of hydrogen-bond acceptors (Lipinski definition) is 10. The van der Waals surface area contributed by atoms with Gasteiger partial charge in [-0.1, -0.05) is 24.1 Å². The van der Waals surface area contributed by atoms with Crippen molar-refractivity contribution in [2.75, 3.05) is 6.61 Å². The summed E-state index contributed by atoms with van der Waals surface area (Å²) in [6.07, 6.45) is 4.90. The predicted octanol–water partition coefficient (Wildman–Crippen LogP) is 0.827. The summed E-state index contributed by atoms with van der Waals surface area (Å²) in [7, 11) is -4.32. The molecule has 1 saturated carbocycles. The van der Waals surface area contributed by atoms with E-state index in [-0.39, 0.29) is 11.9 Å². The lowest BCUT2D eigenvalue weighted by molar-refractivity contribution is -0.150. The van der Waals surface area contributed by atoms with Crippen LogP contribution in [0.4, 0.5) is 0 Å². The highest BCUT2D eigenvalue weighted by Crippen LogP contribution is 2.47. The average molecular weight is 564 g/mol. The number of hydrogen-bond donors (Lipinski definition) is 4. The molecule has 1 aromatic heterocycles. The number of carbonyl (C=O) groups is 1. The first-order chi connectivity index (χ1) is 18.5. The molecule has 1 aromatic carbocycles. The van der Waals surface area contributed by atoms with Crippen molar-refractivity contribution < 1.29 is 38.1 Å². The van der Waals surface area contributed by atoms with Crippen molar-refractivity contribution >= 4 is 13.7 Å². The summed E-state index contributed by atoms with van der Waals surface area (Å²) in [5, 5.41) is 24.3. The van der Waals surface area contributed by atoms with Crippen molar-refractivity contribution in [2.45, 2.75) is 68.8 Å². The lowest BCUT2D eigenvalue weighted by Crippen LogP contribution is -2.48. The molecule has 0 bridgehead atoms. The van der Waals surface area contributed by atoms with Crippen LogP contribution in [0.1, 0.15) is 38.8 Å². The third-order valence-corrected chi connectivity index (χ3v) is 8.13. The van der Waals surface area contributed by atoms with E-state index >= 15 is 0 Å². The van der Waals surface area contributed by atoms with Gasteiger partial charge in [-0.05, 0) is 44.7 Å². The van der Waals surface area contributed by atoms with E-state index in [4.69, 9.17) is 24.9 Å². The molecular formula is C25H30N3O10P. The van der Waals surface area contributed by atoms with Gasteiger partial charge in [0.2, 0.25) is 0 Å². The molecule has 4 N–H and O–H groups in total. The van der Waals surface area contributed by atoms with E-state index in [0.717, 1.165) is 42.5 Å². The van der Waals surface area contributed by atoms with E-state index in [0.29, 0.717) is 0 Å². The Bertz CT molecular complexity index is 1370. The maximum absolute atomic E-state index is 13.8. The van der Waals surface area contributed by atoms with Crippen LogP contribution in [0.25, 0.3) is 0 Å². The molecule has 2 unspecified atom stereocenters. The van der Waals surface area contributed by atoms with Gasteiger partial charge in [0.25, 0.3) is 5.56 Å². The van der Waals surface area contributed by atoms with E-state index in [1.165, 1.54) is 19.1 Å². The number of aliphatic hydroxyl groups is 2. The lowest BCUT2D eigenvalue weighted by Gasteiger charge is -2.26. The number of carbonyl (C=O) groups excluding carboxylic acids is 1. The quantitative estimate of drug-likeness (QED) is 0.183. The number of aromatic nitrogens is 2. The van der Waals surface area contributed by atoms with Gasteiger partial charge in [0, 0.05) is 12.3 Å². The largest absolute Gasteiger partial charge is 0.461 e. The number of benzene rings is 1. The fraction of sp³-hybridized carbons (Fsp3) is 0.480. The van der Waals surface area contributed by atoms with Crippen LogP contribution in [-0.2, 0) is 23.4 Å². The van der Waals surface area contributed by atoms with Crippen molar-refractivity contribution in [3.05, 3.63) is 63.4 Å². The van der Waals surface area contributed by atoms with Gasteiger partial charge in [-0.15, -0.1) is 6.42 Å². The number of aromatic amines is 1. The molecule has 0 amide bonds. The Morgan fingerprint density at radius 3 is 2.64 bits per heavy atom. The van der Waals surface area contributed by atoms with Crippen LogP contribution in [0.3, 0.4) is 0 Å². The maximum atomic E-state index is 13.8. The van der Waals surface area contributed by atoms with Gasteiger partial charge in [0.05, 0.1) is 6.61 Å². The summed E-state index contributed by atoms with van der Waals surface area (Å²) in [6, 6.07) is 7.96. The van der Waals surface area contributed by atoms with Crippen LogP contribution >= 0.6 is 7.75 Å². The van der Waals surface area contributed by atoms with E-state index < -0.39 is 61.7 Å². The second kappa shape index (κ2) is 11.9. The minimum absolute atomic E-state index is 0.162. The molecule has 0 radical (unpaired) electrons. The number of aliphatic hydroxyl groups excluding tert-OH is 1. The van der Waals surface area contributed by atoms with E-state index in [9.17, 15) is 29.2 Å². The maximum Gasteiger partial charge on any atom is 0.459 e. The fourth-order valence-corrected chi connectivity index (χ4v) is 5.90. The van der Waals surface area contributed by atoms with Gasteiger partial charge in [-0.3, -0.25) is 23.7 Å². The van der Waals surface area contributed by atoms with E-state index in [1.54, 1.807) is 18.2 Å². The third-order valence-electron chi connectivity index (χ3n) is 6.49. The average Bonchev–Trinajstić information content (AvgIpc) is 3.50. The van der Waals surface area contributed by atoms with Gasteiger partial charge in [0.15, 0.2) is 11.8 Å². The molecule has 2 aliphatic rings. The second-order valence-electron chi connectivity index (χ2n) is 9.35. The zero-order chi connectivity index (χ0) is 28.2. The number of rotatable bonds is 10. The van der Waals surface area contributed by atoms with Crippen LogP contribution in [0, 0.1) is 12.3 Å². The van der Waals surface area contributed by atoms with Crippen molar-refractivity contribution in [2.24, 2.45) is 0 Å². The molecule has 6 atom stereocenters. The normalized spacial score (nSPS) is 27.4. The van der Waals surface area contributed by atoms with Crippen LogP contribution in [0.5, 0.6) is 5.75 Å². The molecule has 4 rings (SSSR count). The Morgan fingerprint density at radius 1 is 1.31 bits per heavy atom. The summed E-state index contributed by atoms with van der Waals surface area (Å²) in [5.41, 5.74) is -4.04. The molecule has 1 aliphatic carbocycles. The summed E-state index contributed by atoms with van der Waals surface area (Å²) >= 11 is 0. The minimum atomic E-state index is -4.32. The van der Waals surface area contributed by atoms with Crippen LogP contribution in [-0.4, -0.2) is 62.3 Å². The highest BCUT2D eigenvalue weighted by Gasteiger charge is 2.56. The Kier molecular flexibility index (Phi) is 8.76. The zero-order valence-electron chi connectivity index (χ0n) is 21.1. The summed E-state index contributed by atoms with van der Waals surface area (Å²) in [6.45, 7) is 0.805. The first-order valence-corrected chi connectivity index (χ1v) is 13.9. The molecule has 0 spiro atoms. The van der Waals surface area contributed by atoms with Gasteiger partial charge < -0.3 is 24.2 Å². The first kappa shape index (κ1) is 28.8. The first-order valence-electron chi connectivity index (χ1n) is 12.4. The van der Waals surface area contributed by atoms with Crippen molar-refractivity contribution in [1.29, 1.82) is 0 Å². The van der Waals surface area contributed by atoms with Crippen molar-refractivity contribution in [3.8, 4) is 18.1 Å². The van der Waals surface area contributed by atoms with Crippen molar-refractivity contribution in [1.82, 2.24) is 14.6 Å². The third kappa shape index (κ3) is 6.50. The number of para-hydroxylation sites is 1.